The number of halogens is 1. The maximum Gasteiger partial charge on any atom is 0.326 e. The van der Waals surface area contributed by atoms with Crippen molar-refractivity contribution in [3.63, 3.8) is 0 Å². The van der Waals surface area contributed by atoms with Gasteiger partial charge in [-0.05, 0) is 23.8 Å². The summed E-state index contributed by atoms with van der Waals surface area (Å²) in [5.74, 6) is -2.35. The Morgan fingerprint density at radius 2 is 1.90 bits per heavy atom. The number of carbonyl (C=O) groups excluding carboxylic acids is 1. The van der Waals surface area contributed by atoms with E-state index in [0.29, 0.717) is 0 Å². The van der Waals surface area contributed by atoms with Crippen molar-refractivity contribution in [1.29, 1.82) is 0 Å². The first-order chi connectivity index (χ1) is 10.1. The molecule has 0 aliphatic rings. The Hall–Kier alpha value is -2.76. The van der Waals surface area contributed by atoms with Crippen molar-refractivity contribution in [3.05, 3.63) is 65.7 Å². The van der Waals surface area contributed by atoms with Crippen molar-refractivity contribution in [3.8, 4) is 0 Å². The lowest BCUT2D eigenvalue weighted by Gasteiger charge is -2.14. The highest BCUT2D eigenvalue weighted by Gasteiger charge is 2.22. The van der Waals surface area contributed by atoms with Crippen LogP contribution in [-0.4, -0.2) is 28.0 Å². The van der Waals surface area contributed by atoms with Gasteiger partial charge in [0.2, 0.25) is 0 Å². The van der Waals surface area contributed by atoms with Crippen LogP contribution in [-0.2, 0) is 11.2 Å². The normalized spacial score (nSPS) is 11.7. The predicted octanol–water partition coefficient (Wildman–Crippen LogP) is 1.65. The van der Waals surface area contributed by atoms with E-state index >= 15 is 0 Å². The number of carboxylic acids is 1. The molecule has 108 valence electrons. The van der Waals surface area contributed by atoms with Crippen LogP contribution in [0.3, 0.4) is 0 Å². The zero-order chi connectivity index (χ0) is 15.2. The molecule has 0 saturated heterocycles. The van der Waals surface area contributed by atoms with Crippen molar-refractivity contribution in [1.82, 2.24) is 10.3 Å². The summed E-state index contributed by atoms with van der Waals surface area (Å²) in [6, 6.07) is 9.36. The number of benzene rings is 1. The number of hydrogen-bond donors (Lipinski definition) is 2. The molecule has 1 aromatic heterocycles. The molecule has 1 atom stereocenters. The summed E-state index contributed by atoms with van der Waals surface area (Å²) in [5, 5.41) is 11.5. The number of amides is 1. The summed E-state index contributed by atoms with van der Waals surface area (Å²) < 4.78 is 13.6. The van der Waals surface area contributed by atoms with Gasteiger partial charge in [0.15, 0.2) is 0 Å². The van der Waals surface area contributed by atoms with Gasteiger partial charge in [0.25, 0.3) is 5.91 Å². The van der Waals surface area contributed by atoms with E-state index in [1.807, 2.05) is 0 Å². The first-order valence-electron chi connectivity index (χ1n) is 6.26. The monoisotopic (exact) mass is 288 g/mol. The van der Waals surface area contributed by atoms with Crippen LogP contribution in [0.4, 0.5) is 4.39 Å². The molecule has 1 amide bonds. The van der Waals surface area contributed by atoms with Crippen molar-refractivity contribution >= 4 is 11.9 Å². The number of pyridine rings is 1. The zero-order valence-corrected chi connectivity index (χ0v) is 11.0. The van der Waals surface area contributed by atoms with E-state index in [1.54, 1.807) is 18.2 Å². The molecule has 0 spiro atoms. The predicted molar refractivity (Wildman–Crippen MR) is 73.2 cm³/mol. The fourth-order valence-corrected chi connectivity index (χ4v) is 1.81. The van der Waals surface area contributed by atoms with Crippen LogP contribution in [0.1, 0.15) is 16.1 Å². The van der Waals surface area contributed by atoms with E-state index in [4.69, 9.17) is 5.11 Å². The van der Waals surface area contributed by atoms with Crippen molar-refractivity contribution in [2.24, 2.45) is 0 Å². The van der Waals surface area contributed by atoms with Crippen LogP contribution in [0.5, 0.6) is 0 Å². The van der Waals surface area contributed by atoms with Gasteiger partial charge in [0.1, 0.15) is 17.6 Å². The van der Waals surface area contributed by atoms with Gasteiger partial charge >= 0.3 is 5.97 Å². The fraction of sp³-hybridized carbons (Fsp3) is 0.133. The molecular formula is C15H13FN2O3. The Bertz CT molecular complexity index is 646. The van der Waals surface area contributed by atoms with Crippen molar-refractivity contribution in [2.75, 3.05) is 0 Å². The van der Waals surface area contributed by atoms with Crippen LogP contribution in [0, 0.1) is 5.82 Å². The molecule has 0 radical (unpaired) electrons. The lowest BCUT2D eigenvalue weighted by molar-refractivity contribution is -0.139. The smallest absolute Gasteiger partial charge is 0.326 e. The van der Waals surface area contributed by atoms with Crippen LogP contribution in [0.2, 0.25) is 0 Å². The minimum absolute atomic E-state index is 0.109. The number of nitrogens with zero attached hydrogens (tertiary/aromatic N) is 1. The van der Waals surface area contributed by atoms with Crippen LogP contribution < -0.4 is 5.32 Å². The molecule has 0 aliphatic carbocycles. The molecule has 0 fully saturated rings. The molecule has 1 heterocycles. The molecule has 0 saturated carbocycles. The SMILES string of the molecule is O=C(N[C@H](Cc1ccccc1F)C(=O)O)c1ccccn1. The summed E-state index contributed by atoms with van der Waals surface area (Å²) in [4.78, 5) is 27.0. The number of hydrogen-bond acceptors (Lipinski definition) is 3. The molecule has 2 rings (SSSR count). The quantitative estimate of drug-likeness (QED) is 0.876. The van der Waals surface area contributed by atoms with E-state index in [1.165, 1.54) is 30.5 Å². The largest absolute Gasteiger partial charge is 0.480 e. The lowest BCUT2D eigenvalue weighted by atomic mass is 10.1. The molecule has 5 nitrogen and oxygen atoms in total. The van der Waals surface area contributed by atoms with Gasteiger partial charge in [-0.1, -0.05) is 24.3 Å². The second-order valence-corrected chi connectivity index (χ2v) is 4.37. The van der Waals surface area contributed by atoms with E-state index in [-0.39, 0.29) is 17.7 Å². The summed E-state index contributed by atoms with van der Waals surface area (Å²) in [6.45, 7) is 0. The Morgan fingerprint density at radius 3 is 2.52 bits per heavy atom. The first kappa shape index (κ1) is 14.6. The molecule has 6 heteroatoms. The van der Waals surface area contributed by atoms with E-state index in [9.17, 15) is 14.0 Å². The maximum absolute atomic E-state index is 13.6. The van der Waals surface area contributed by atoms with Crippen molar-refractivity contribution < 1.29 is 19.1 Å². The minimum atomic E-state index is -1.23. The molecule has 2 N–H and O–H groups in total. The van der Waals surface area contributed by atoms with Gasteiger partial charge in [-0.2, -0.15) is 0 Å². The third-order valence-electron chi connectivity index (χ3n) is 2.88. The first-order valence-corrected chi connectivity index (χ1v) is 6.26. The Balaban J connectivity index is 2.12. The van der Waals surface area contributed by atoms with Crippen LogP contribution in [0.25, 0.3) is 0 Å². The van der Waals surface area contributed by atoms with Gasteiger partial charge in [0.05, 0.1) is 0 Å². The summed E-state index contributed by atoms with van der Waals surface area (Å²) in [7, 11) is 0. The lowest BCUT2D eigenvalue weighted by Crippen LogP contribution is -2.42. The minimum Gasteiger partial charge on any atom is -0.480 e. The highest BCUT2D eigenvalue weighted by atomic mass is 19.1. The van der Waals surface area contributed by atoms with E-state index in [0.717, 1.165) is 0 Å². The third-order valence-corrected chi connectivity index (χ3v) is 2.88. The van der Waals surface area contributed by atoms with Crippen LogP contribution in [0.15, 0.2) is 48.7 Å². The molecule has 0 bridgehead atoms. The Morgan fingerprint density at radius 1 is 1.19 bits per heavy atom. The molecular weight excluding hydrogens is 275 g/mol. The molecule has 0 aliphatic heterocycles. The molecule has 1 aromatic carbocycles. The standard InChI is InChI=1S/C15H13FN2O3/c16-11-6-2-1-5-10(11)9-13(15(20)21)18-14(19)12-7-3-4-8-17-12/h1-8,13H,9H2,(H,18,19)(H,20,21)/t13-/m1/s1. The summed E-state index contributed by atoms with van der Waals surface area (Å²) in [5.41, 5.74) is 0.337. The second kappa shape index (κ2) is 6.60. The third kappa shape index (κ3) is 3.85. The number of aromatic nitrogens is 1. The number of nitrogens with one attached hydrogen (secondary N) is 1. The van der Waals surface area contributed by atoms with Crippen LogP contribution >= 0.6 is 0 Å². The highest BCUT2D eigenvalue weighted by Crippen LogP contribution is 2.10. The topological polar surface area (TPSA) is 79.3 Å². The van der Waals surface area contributed by atoms with Gasteiger partial charge in [-0.25, -0.2) is 9.18 Å². The maximum atomic E-state index is 13.6. The number of carbonyl (C=O) groups is 2. The summed E-state index contributed by atoms with van der Waals surface area (Å²) >= 11 is 0. The molecule has 2 aromatic rings. The zero-order valence-electron chi connectivity index (χ0n) is 11.0. The number of rotatable bonds is 5. The van der Waals surface area contributed by atoms with Gasteiger partial charge in [0, 0.05) is 12.6 Å². The fourth-order valence-electron chi connectivity index (χ4n) is 1.81. The highest BCUT2D eigenvalue weighted by molar-refractivity contribution is 5.94. The van der Waals surface area contributed by atoms with Crippen molar-refractivity contribution in [2.45, 2.75) is 12.5 Å². The van der Waals surface area contributed by atoms with E-state index < -0.39 is 23.7 Å². The van der Waals surface area contributed by atoms with Gasteiger partial charge in [-0.3, -0.25) is 9.78 Å². The molecule has 0 unspecified atom stereocenters. The molecule has 21 heavy (non-hydrogen) atoms. The average molecular weight is 288 g/mol. The number of aliphatic carboxylic acids is 1. The van der Waals surface area contributed by atoms with Gasteiger partial charge in [-0.15, -0.1) is 0 Å². The van der Waals surface area contributed by atoms with E-state index in [2.05, 4.69) is 10.3 Å². The van der Waals surface area contributed by atoms with Gasteiger partial charge < -0.3 is 10.4 Å². The second-order valence-electron chi connectivity index (χ2n) is 4.37. The Kier molecular flexibility index (Phi) is 4.61. The number of carboxylic acid groups (broad SMARTS) is 1. The summed E-state index contributed by atoms with van der Waals surface area (Å²) in [6.07, 6.45) is 1.29. The Labute approximate surface area is 120 Å². The average Bonchev–Trinajstić information content (AvgIpc) is 2.49.